The third-order valence-electron chi connectivity index (χ3n) is 3.74. The van der Waals surface area contributed by atoms with Crippen LogP contribution in [0.2, 0.25) is 0 Å². The summed E-state index contributed by atoms with van der Waals surface area (Å²) in [5.41, 5.74) is 1.06. The number of benzene rings is 1. The van der Waals surface area contributed by atoms with Gasteiger partial charge in [0.2, 0.25) is 11.1 Å². The van der Waals surface area contributed by atoms with E-state index in [0.717, 1.165) is 5.76 Å². The lowest BCUT2D eigenvalue weighted by atomic mass is 10.1. The molecule has 1 aromatic carbocycles. The molecule has 8 nitrogen and oxygen atoms in total. The lowest BCUT2D eigenvalue weighted by Gasteiger charge is -2.08. The zero-order valence-corrected chi connectivity index (χ0v) is 15.6. The van der Waals surface area contributed by atoms with E-state index in [-0.39, 0.29) is 11.7 Å². The third kappa shape index (κ3) is 5.27. The van der Waals surface area contributed by atoms with Crippen molar-refractivity contribution in [2.24, 2.45) is 0 Å². The summed E-state index contributed by atoms with van der Waals surface area (Å²) < 4.78 is 6.96. The topological polar surface area (TPSA) is 103 Å². The molecule has 1 N–H and O–H groups in total. The first-order valence-electron chi connectivity index (χ1n) is 8.44. The highest BCUT2D eigenvalue weighted by Gasteiger charge is 2.11. The quantitative estimate of drug-likeness (QED) is 0.343. The molecule has 0 atom stereocenters. The highest BCUT2D eigenvalue weighted by molar-refractivity contribution is 7.99. The van der Waals surface area contributed by atoms with E-state index in [9.17, 15) is 9.59 Å². The third-order valence-corrected chi connectivity index (χ3v) is 4.79. The van der Waals surface area contributed by atoms with Crippen LogP contribution in [0.4, 0.5) is 5.69 Å². The summed E-state index contributed by atoms with van der Waals surface area (Å²) in [6, 6.07) is 10.7. The van der Waals surface area contributed by atoms with Gasteiger partial charge in [-0.1, -0.05) is 23.9 Å². The first-order chi connectivity index (χ1) is 13.1. The molecule has 0 saturated carbocycles. The van der Waals surface area contributed by atoms with Gasteiger partial charge in [-0.2, -0.15) is 0 Å². The number of rotatable bonds is 9. The van der Waals surface area contributed by atoms with E-state index in [4.69, 9.17) is 4.42 Å². The van der Waals surface area contributed by atoms with Crippen LogP contribution < -0.4 is 5.32 Å². The largest absolute Gasteiger partial charge is 0.467 e. The summed E-state index contributed by atoms with van der Waals surface area (Å²) in [5.74, 6) is 1.26. The van der Waals surface area contributed by atoms with Crippen LogP contribution in [0.5, 0.6) is 0 Å². The number of Topliss-reactive ketones (excluding diaryl/α,β-unsaturated/α-hetero) is 1. The molecule has 0 unspecified atom stereocenters. The fourth-order valence-electron chi connectivity index (χ4n) is 2.46. The minimum Gasteiger partial charge on any atom is -0.467 e. The van der Waals surface area contributed by atoms with Crippen molar-refractivity contribution in [3.63, 3.8) is 0 Å². The molecular weight excluding hydrogens is 366 g/mol. The summed E-state index contributed by atoms with van der Waals surface area (Å²) >= 11 is 1.48. The Kier molecular flexibility index (Phi) is 6.37. The molecule has 27 heavy (non-hydrogen) atoms. The van der Waals surface area contributed by atoms with Gasteiger partial charge in [0, 0.05) is 17.7 Å². The van der Waals surface area contributed by atoms with Crippen molar-refractivity contribution in [1.82, 2.24) is 20.2 Å². The monoisotopic (exact) mass is 385 g/mol. The van der Waals surface area contributed by atoms with Gasteiger partial charge in [0.05, 0.1) is 12.0 Å². The second-order valence-corrected chi connectivity index (χ2v) is 6.86. The molecule has 0 fully saturated rings. The minimum atomic E-state index is -0.125. The Labute approximate surface area is 160 Å². The van der Waals surface area contributed by atoms with E-state index in [1.54, 1.807) is 35.2 Å². The normalized spacial score (nSPS) is 10.7. The predicted octanol–water partition coefficient (Wildman–Crippen LogP) is 3.03. The summed E-state index contributed by atoms with van der Waals surface area (Å²) in [6.07, 6.45) is 2.61. The molecule has 1 amide bonds. The van der Waals surface area contributed by atoms with Crippen LogP contribution in [0.1, 0.15) is 35.9 Å². The Morgan fingerprint density at radius 1 is 1.22 bits per heavy atom. The molecule has 0 aliphatic carbocycles. The van der Waals surface area contributed by atoms with Crippen molar-refractivity contribution in [1.29, 1.82) is 0 Å². The van der Waals surface area contributed by atoms with Crippen LogP contribution in [0, 0.1) is 0 Å². The first-order valence-corrected chi connectivity index (χ1v) is 9.43. The van der Waals surface area contributed by atoms with Crippen molar-refractivity contribution >= 4 is 29.1 Å². The molecule has 0 aliphatic heterocycles. The van der Waals surface area contributed by atoms with E-state index in [1.165, 1.54) is 18.7 Å². The zero-order valence-electron chi connectivity index (χ0n) is 14.8. The highest BCUT2D eigenvalue weighted by Crippen LogP contribution is 2.18. The second-order valence-electron chi connectivity index (χ2n) is 5.80. The summed E-state index contributed by atoms with van der Waals surface area (Å²) in [6.45, 7) is 1.94. The van der Waals surface area contributed by atoms with E-state index >= 15 is 0 Å². The van der Waals surface area contributed by atoms with Gasteiger partial charge in [0.25, 0.3) is 0 Å². The number of nitrogens with one attached hydrogen (secondary N) is 1. The molecule has 3 rings (SSSR count). The molecule has 2 aromatic heterocycles. The summed E-state index contributed by atoms with van der Waals surface area (Å²) in [7, 11) is 0. The average molecular weight is 385 g/mol. The number of para-hydroxylation sites is 1. The number of hydrogen-bond donors (Lipinski definition) is 1. The van der Waals surface area contributed by atoms with Crippen molar-refractivity contribution in [3.05, 3.63) is 54.0 Å². The molecule has 0 saturated heterocycles. The molecule has 0 aliphatic rings. The Balaban J connectivity index is 1.45. The summed E-state index contributed by atoms with van der Waals surface area (Å²) in [5, 5.41) is 15.1. The Hall–Kier alpha value is -2.94. The fourth-order valence-corrected chi connectivity index (χ4v) is 3.27. The maximum absolute atomic E-state index is 12.1. The van der Waals surface area contributed by atoms with Crippen molar-refractivity contribution < 1.29 is 14.0 Å². The number of carbonyl (C=O) groups is 2. The average Bonchev–Trinajstić information content (AvgIpc) is 3.32. The van der Waals surface area contributed by atoms with E-state index < -0.39 is 0 Å². The number of anilines is 1. The van der Waals surface area contributed by atoms with Crippen molar-refractivity contribution in [2.45, 2.75) is 31.5 Å². The molecule has 2 heterocycles. The number of carbonyl (C=O) groups excluding carboxylic acids is 2. The SMILES string of the molecule is CC(=O)c1ccccc1NC(=O)CCCSc1nnnn1Cc1ccco1. The number of amides is 1. The van der Waals surface area contributed by atoms with Gasteiger partial charge < -0.3 is 9.73 Å². The molecule has 0 bridgehead atoms. The zero-order chi connectivity index (χ0) is 19.1. The van der Waals surface area contributed by atoms with Gasteiger partial charge in [-0.15, -0.1) is 5.10 Å². The fraction of sp³-hybridized carbons (Fsp3) is 0.278. The lowest BCUT2D eigenvalue weighted by molar-refractivity contribution is -0.116. The molecule has 0 spiro atoms. The van der Waals surface area contributed by atoms with Gasteiger partial charge in [-0.25, -0.2) is 4.68 Å². The standard InChI is InChI=1S/C18H19N5O3S/c1-13(24)15-7-2-3-8-16(15)19-17(25)9-5-11-27-18-20-21-22-23(18)12-14-6-4-10-26-14/h2-4,6-8,10H,5,9,11-12H2,1H3,(H,19,25). The second kappa shape index (κ2) is 9.13. The highest BCUT2D eigenvalue weighted by atomic mass is 32.2. The number of thioether (sulfide) groups is 1. The summed E-state index contributed by atoms with van der Waals surface area (Å²) in [4.78, 5) is 23.7. The van der Waals surface area contributed by atoms with E-state index in [0.29, 0.717) is 41.5 Å². The van der Waals surface area contributed by atoms with Gasteiger partial charge in [-0.3, -0.25) is 9.59 Å². The molecule has 3 aromatic rings. The van der Waals surface area contributed by atoms with E-state index in [2.05, 4.69) is 20.8 Å². The van der Waals surface area contributed by atoms with Crippen LogP contribution in [0.25, 0.3) is 0 Å². The minimum absolute atomic E-state index is 0.0788. The Morgan fingerprint density at radius 2 is 2.07 bits per heavy atom. The predicted molar refractivity (Wildman–Crippen MR) is 101 cm³/mol. The van der Waals surface area contributed by atoms with Crippen LogP contribution in [-0.2, 0) is 11.3 Å². The van der Waals surface area contributed by atoms with Crippen LogP contribution >= 0.6 is 11.8 Å². The van der Waals surface area contributed by atoms with Gasteiger partial charge in [0.1, 0.15) is 12.3 Å². The molecule has 0 radical (unpaired) electrons. The maximum atomic E-state index is 12.1. The number of hydrogen-bond acceptors (Lipinski definition) is 7. The number of tetrazole rings is 1. The van der Waals surface area contributed by atoms with E-state index in [1.807, 2.05) is 12.1 Å². The van der Waals surface area contributed by atoms with Crippen molar-refractivity contribution in [2.75, 3.05) is 11.1 Å². The molecule has 9 heteroatoms. The van der Waals surface area contributed by atoms with Crippen LogP contribution in [-0.4, -0.2) is 37.7 Å². The Bertz CT molecular complexity index is 907. The maximum Gasteiger partial charge on any atom is 0.224 e. The van der Waals surface area contributed by atoms with Gasteiger partial charge >= 0.3 is 0 Å². The first kappa shape index (κ1) is 18.8. The van der Waals surface area contributed by atoms with Crippen LogP contribution in [0.3, 0.4) is 0 Å². The number of nitrogens with zero attached hydrogens (tertiary/aromatic N) is 4. The van der Waals surface area contributed by atoms with Gasteiger partial charge in [-0.05, 0) is 48.0 Å². The Morgan fingerprint density at radius 3 is 2.85 bits per heavy atom. The van der Waals surface area contributed by atoms with Crippen molar-refractivity contribution in [3.8, 4) is 0 Å². The van der Waals surface area contributed by atoms with Crippen LogP contribution in [0.15, 0.2) is 52.2 Å². The molecular formula is C18H19N5O3S. The van der Waals surface area contributed by atoms with Gasteiger partial charge in [0.15, 0.2) is 5.78 Å². The lowest BCUT2D eigenvalue weighted by Crippen LogP contribution is -2.14. The number of aromatic nitrogens is 4. The smallest absolute Gasteiger partial charge is 0.224 e. The number of furan rings is 1. The molecule has 140 valence electrons. The number of ketones is 1.